The summed E-state index contributed by atoms with van der Waals surface area (Å²) in [6, 6.07) is 21.5. The normalized spacial score (nSPS) is 10.9. The summed E-state index contributed by atoms with van der Waals surface area (Å²) in [6.07, 6.45) is 0. The Hall–Kier alpha value is -4.44. The van der Waals surface area contributed by atoms with Gasteiger partial charge in [-0.15, -0.1) is 10.2 Å². The van der Waals surface area contributed by atoms with E-state index in [9.17, 15) is 9.59 Å². The minimum absolute atomic E-state index is 0.118. The van der Waals surface area contributed by atoms with Gasteiger partial charge in [-0.2, -0.15) is 0 Å². The zero-order valence-electron chi connectivity index (χ0n) is 18.6. The number of nitrogens with one attached hydrogen (secondary N) is 3. The highest BCUT2D eigenvalue weighted by Gasteiger charge is 2.12. The molecule has 0 unspecified atom stereocenters. The number of fused-ring (bicyclic) bond motifs is 3. The van der Waals surface area contributed by atoms with E-state index >= 15 is 0 Å². The van der Waals surface area contributed by atoms with Crippen LogP contribution in [0.2, 0.25) is 0 Å². The Morgan fingerprint density at radius 3 is 2.40 bits per heavy atom. The lowest BCUT2D eigenvalue weighted by atomic mass is 10.2. The van der Waals surface area contributed by atoms with E-state index in [0.29, 0.717) is 39.0 Å². The number of methoxy groups -OCH3 is 1. The predicted octanol–water partition coefficient (Wildman–Crippen LogP) is 4.50. The smallest absolute Gasteiger partial charge is 0.255 e. The average Bonchev–Trinajstić information content (AvgIpc) is 3.26. The average molecular weight is 485 g/mol. The summed E-state index contributed by atoms with van der Waals surface area (Å²) in [7, 11) is 1.58. The van der Waals surface area contributed by atoms with Crippen LogP contribution in [0.3, 0.4) is 0 Å². The van der Waals surface area contributed by atoms with Gasteiger partial charge in [0.25, 0.3) is 5.91 Å². The highest BCUT2D eigenvalue weighted by Crippen LogP contribution is 2.23. The van der Waals surface area contributed by atoms with Crippen molar-refractivity contribution < 1.29 is 14.3 Å². The van der Waals surface area contributed by atoms with Crippen LogP contribution in [0.25, 0.3) is 22.1 Å². The van der Waals surface area contributed by atoms with Gasteiger partial charge in [-0.1, -0.05) is 30.0 Å². The molecular weight excluding hydrogens is 464 g/mol. The van der Waals surface area contributed by atoms with Crippen molar-refractivity contribution in [3.63, 3.8) is 0 Å². The van der Waals surface area contributed by atoms with Gasteiger partial charge in [-0.05, 0) is 54.6 Å². The number of carbonyl (C=O) groups is 2. The molecule has 3 N–H and O–H groups in total. The van der Waals surface area contributed by atoms with E-state index in [1.54, 1.807) is 55.6 Å². The number of rotatable bonds is 7. The van der Waals surface area contributed by atoms with Gasteiger partial charge >= 0.3 is 0 Å². The molecule has 2 heterocycles. The number of aromatic amines is 1. The molecule has 9 nitrogen and oxygen atoms in total. The van der Waals surface area contributed by atoms with Gasteiger partial charge in [0.05, 0.1) is 12.9 Å². The third-order valence-corrected chi connectivity index (χ3v) is 6.05. The van der Waals surface area contributed by atoms with Crippen LogP contribution in [-0.2, 0) is 4.79 Å². The molecule has 0 radical (unpaired) electrons. The van der Waals surface area contributed by atoms with Crippen LogP contribution in [0.1, 0.15) is 10.4 Å². The van der Waals surface area contributed by atoms with Crippen LogP contribution in [0.5, 0.6) is 5.75 Å². The lowest BCUT2D eigenvalue weighted by Gasteiger charge is -2.08. The zero-order chi connectivity index (χ0) is 24.2. The molecule has 0 atom stereocenters. The van der Waals surface area contributed by atoms with Crippen molar-refractivity contribution in [1.29, 1.82) is 0 Å². The van der Waals surface area contributed by atoms with Crippen molar-refractivity contribution in [2.75, 3.05) is 23.5 Å². The third kappa shape index (κ3) is 5.07. The number of aromatic nitrogens is 4. The van der Waals surface area contributed by atoms with Gasteiger partial charge in [0.15, 0.2) is 5.65 Å². The van der Waals surface area contributed by atoms with E-state index in [1.165, 1.54) is 11.8 Å². The lowest BCUT2D eigenvalue weighted by Crippen LogP contribution is -2.15. The van der Waals surface area contributed by atoms with Crippen LogP contribution in [0.15, 0.2) is 78.0 Å². The number of amides is 2. The number of anilines is 2. The van der Waals surface area contributed by atoms with E-state index in [0.717, 1.165) is 10.9 Å². The Bertz CT molecular complexity index is 1520. The topological polar surface area (TPSA) is 122 Å². The second-order valence-electron chi connectivity index (χ2n) is 7.56. The number of benzene rings is 3. The Morgan fingerprint density at radius 1 is 0.914 bits per heavy atom. The summed E-state index contributed by atoms with van der Waals surface area (Å²) >= 11 is 1.19. The molecule has 3 aromatic carbocycles. The molecule has 5 aromatic rings. The molecule has 0 spiro atoms. The number of nitrogens with zero attached hydrogens (tertiary/aromatic N) is 3. The molecule has 0 fully saturated rings. The summed E-state index contributed by atoms with van der Waals surface area (Å²) in [6.45, 7) is 0. The van der Waals surface area contributed by atoms with E-state index in [4.69, 9.17) is 4.74 Å². The molecule has 35 heavy (non-hydrogen) atoms. The minimum Gasteiger partial charge on any atom is -0.497 e. The van der Waals surface area contributed by atoms with Crippen molar-refractivity contribution in [3.05, 3.63) is 78.4 Å². The van der Waals surface area contributed by atoms with Crippen molar-refractivity contribution in [1.82, 2.24) is 20.2 Å². The lowest BCUT2D eigenvalue weighted by molar-refractivity contribution is -0.113. The predicted molar refractivity (Wildman–Crippen MR) is 136 cm³/mol. The van der Waals surface area contributed by atoms with Gasteiger partial charge in [-0.25, -0.2) is 4.98 Å². The first-order valence-electron chi connectivity index (χ1n) is 10.7. The number of carbonyl (C=O) groups excluding carboxylic acids is 2. The standard InChI is InChI=1S/C25H20N6O3S/c1-34-18-12-10-17(11-13-18)27-24(33)15-6-8-16(9-7-15)26-21(32)14-35-25-29-23-22(30-31-25)19-4-2-3-5-20(19)28-23/h2-13H,14H2,1H3,(H,26,32)(H,27,33)(H,28,29,31). The number of para-hydroxylation sites is 1. The molecule has 0 bridgehead atoms. The Balaban J connectivity index is 1.16. The van der Waals surface area contributed by atoms with Gasteiger partial charge in [0, 0.05) is 27.8 Å². The second kappa shape index (κ2) is 9.82. The molecular formula is C25H20N6O3S. The van der Waals surface area contributed by atoms with Crippen molar-refractivity contribution >= 4 is 57.0 Å². The van der Waals surface area contributed by atoms with Gasteiger partial charge in [0.2, 0.25) is 11.1 Å². The van der Waals surface area contributed by atoms with Crippen LogP contribution >= 0.6 is 11.8 Å². The monoisotopic (exact) mass is 484 g/mol. The Morgan fingerprint density at radius 2 is 1.63 bits per heavy atom. The maximum absolute atomic E-state index is 12.5. The first-order chi connectivity index (χ1) is 17.1. The summed E-state index contributed by atoms with van der Waals surface area (Å²) in [4.78, 5) is 32.5. The number of thioether (sulfide) groups is 1. The molecule has 0 aliphatic rings. The molecule has 2 aromatic heterocycles. The third-order valence-electron chi connectivity index (χ3n) is 5.21. The molecule has 0 saturated carbocycles. The van der Waals surface area contributed by atoms with Gasteiger partial charge in [-0.3, -0.25) is 9.59 Å². The van der Waals surface area contributed by atoms with Crippen molar-refractivity contribution in [3.8, 4) is 5.75 Å². The largest absolute Gasteiger partial charge is 0.497 e. The molecule has 174 valence electrons. The quantitative estimate of drug-likeness (QED) is 0.291. The molecule has 0 aliphatic heterocycles. The summed E-state index contributed by atoms with van der Waals surface area (Å²) < 4.78 is 5.11. The molecule has 0 aliphatic carbocycles. The van der Waals surface area contributed by atoms with Crippen molar-refractivity contribution in [2.45, 2.75) is 5.16 Å². The minimum atomic E-state index is -0.249. The van der Waals surface area contributed by atoms with Crippen LogP contribution in [0.4, 0.5) is 11.4 Å². The Kier molecular flexibility index (Phi) is 6.27. The first-order valence-corrected chi connectivity index (χ1v) is 11.7. The summed E-state index contributed by atoms with van der Waals surface area (Å²) in [5, 5.41) is 15.4. The fraction of sp³-hybridized carbons (Fsp3) is 0.0800. The van der Waals surface area contributed by atoms with Crippen LogP contribution in [-0.4, -0.2) is 44.8 Å². The van der Waals surface area contributed by atoms with Gasteiger partial charge in [0.1, 0.15) is 11.3 Å². The molecule has 10 heteroatoms. The van der Waals surface area contributed by atoms with E-state index in [-0.39, 0.29) is 17.6 Å². The van der Waals surface area contributed by atoms with Crippen LogP contribution < -0.4 is 15.4 Å². The number of H-pyrrole nitrogens is 1. The molecule has 0 saturated heterocycles. The van der Waals surface area contributed by atoms with Crippen LogP contribution in [0, 0.1) is 0 Å². The SMILES string of the molecule is COc1ccc(NC(=O)c2ccc(NC(=O)CSc3nnc4c(n3)[nH]c3ccccc34)cc2)cc1. The van der Waals surface area contributed by atoms with E-state index in [2.05, 4.69) is 30.8 Å². The fourth-order valence-electron chi connectivity index (χ4n) is 3.48. The maximum atomic E-state index is 12.5. The molecule has 2 amide bonds. The highest BCUT2D eigenvalue weighted by molar-refractivity contribution is 7.99. The Labute approximate surface area is 204 Å². The summed E-state index contributed by atoms with van der Waals surface area (Å²) in [5.74, 6) is 0.363. The maximum Gasteiger partial charge on any atom is 0.255 e. The number of ether oxygens (including phenoxy) is 1. The second-order valence-corrected chi connectivity index (χ2v) is 8.50. The fourth-order valence-corrected chi connectivity index (χ4v) is 4.06. The zero-order valence-corrected chi connectivity index (χ0v) is 19.4. The van der Waals surface area contributed by atoms with Crippen molar-refractivity contribution in [2.24, 2.45) is 0 Å². The van der Waals surface area contributed by atoms with E-state index < -0.39 is 0 Å². The molecule has 5 rings (SSSR count). The number of hydrogen-bond donors (Lipinski definition) is 3. The van der Waals surface area contributed by atoms with Gasteiger partial charge < -0.3 is 20.4 Å². The van der Waals surface area contributed by atoms with E-state index in [1.807, 2.05) is 24.3 Å². The summed E-state index contributed by atoms with van der Waals surface area (Å²) in [5.41, 5.74) is 3.98. The number of hydrogen-bond acceptors (Lipinski definition) is 7. The first kappa shape index (κ1) is 22.4. The highest BCUT2D eigenvalue weighted by atomic mass is 32.2.